The molecule has 5 aliphatic rings. The van der Waals surface area contributed by atoms with Crippen molar-refractivity contribution in [3.63, 3.8) is 0 Å². The summed E-state index contributed by atoms with van der Waals surface area (Å²) in [5.74, 6) is 0.262. The second-order valence-electron chi connectivity index (χ2n) is 8.39. The van der Waals surface area contributed by atoms with Gasteiger partial charge in [0.2, 0.25) is 11.8 Å². The molecule has 1 aliphatic heterocycles. The van der Waals surface area contributed by atoms with Crippen LogP contribution in [0.5, 0.6) is 5.75 Å². The summed E-state index contributed by atoms with van der Waals surface area (Å²) in [4.78, 5) is 40.5. The van der Waals surface area contributed by atoms with Crippen molar-refractivity contribution >= 4 is 23.5 Å². The minimum atomic E-state index is -0.516. The van der Waals surface area contributed by atoms with Gasteiger partial charge >= 0.3 is 5.97 Å². The third-order valence-electron chi connectivity index (χ3n) is 6.98. The Kier molecular flexibility index (Phi) is 3.40. The first-order valence-corrected chi connectivity index (χ1v) is 10.1. The number of allylic oxidation sites excluding steroid dienone is 2. The van der Waals surface area contributed by atoms with Crippen LogP contribution in [0.15, 0.2) is 66.7 Å². The van der Waals surface area contributed by atoms with Crippen LogP contribution < -0.4 is 9.64 Å². The molecule has 4 aliphatic carbocycles. The van der Waals surface area contributed by atoms with Crippen molar-refractivity contribution in [2.45, 2.75) is 6.42 Å². The Morgan fingerprint density at radius 2 is 1.41 bits per heavy atom. The number of hydrogen-bond acceptors (Lipinski definition) is 4. The van der Waals surface area contributed by atoms with Crippen molar-refractivity contribution in [3.05, 3.63) is 72.3 Å². The molecule has 2 aromatic rings. The van der Waals surface area contributed by atoms with Gasteiger partial charge in [-0.05, 0) is 54.4 Å². The fourth-order valence-electron chi connectivity index (χ4n) is 5.66. The third-order valence-corrected chi connectivity index (χ3v) is 6.98. The average Bonchev–Trinajstić information content (AvgIpc) is 3.53. The predicted molar refractivity (Wildman–Crippen MR) is 105 cm³/mol. The standard InChI is InChI=1S/C24H19NO4/c26-22-20-14-10-11-15(17-12-16(14)17)21(20)23(27)25(22)18-8-4-5-9-19(18)29-24(28)13-6-2-1-3-7-13/h1-11,14-17,20-21H,12H2/t14-,15-,16-,17-,20+,21+/m1/s1. The van der Waals surface area contributed by atoms with Gasteiger partial charge in [-0.2, -0.15) is 0 Å². The Morgan fingerprint density at radius 1 is 0.828 bits per heavy atom. The Hall–Kier alpha value is -3.21. The highest BCUT2D eigenvalue weighted by Gasteiger charge is 2.67. The number of hydrogen-bond donors (Lipinski definition) is 0. The summed E-state index contributed by atoms with van der Waals surface area (Å²) < 4.78 is 5.59. The first-order valence-electron chi connectivity index (χ1n) is 10.1. The maximum atomic E-state index is 13.3. The van der Waals surface area contributed by atoms with Crippen molar-refractivity contribution in [1.29, 1.82) is 0 Å². The third kappa shape index (κ3) is 2.30. The van der Waals surface area contributed by atoms with Crippen molar-refractivity contribution in [2.75, 3.05) is 4.90 Å². The maximum Gasteiger partial charge on any atom is 0.343 e. The lowest BCUT2D eigenvalue weighted by atomic mass is 9.63. The Labute approximate surface area is 168 Å². The molecule has 0 N–H and O–H groups in total. The van der Waals surface area contributed by atoms with Crippen molar-refractivity contribution < 1.29 is 19.1 Å². The number of amides is 2. The molecule has 2 aromatic carbocycles. The summed E-state index contributed by atoms with van der Waals surface area (Å²) in [6, 6.07) is 15.5. The SMILES string of the molecule is O=C(Oc1ccccc1N1C(=O)[C@H]2[C@@H]3C=C[C@H]([C@H]4C[C@H]34)[C@@H]2C1=O)c1ccccc1. The highest BCUT2D eigenvalue weighted by atomic mass is 16.5. The summed E-state index contributed by atoms with van der Waals surface area (Å²) in [6.45, 7) is 0. The van der Waals surface area contributed by atoms with E-state index in [0.29, 0.717) is 23.1 Å². The van der Waals surface area contributed by atoms with E-state index in [1.54, 1.807) is 48.5 Å². The number of nitrogens with zero attached hydrogens (tertiary/aromatic N) is 1. The topological polar surface area (TPSA) is 63.7 Å². The van der Waals surface area contributed by atoms with Gasteiger partial charge in [-0.3, -0.25) is 9.59 Å². The smallest absolute Gasteiger partial charge is 0.343 e. The van der Waals surface area contributed by atoms with Crippen LogP contribution in [-0.4, -0.2) is 17.8 Å². The van der Waals surface area contributed by atoms with Gasteiger partial charge in [0.05, 0.1) is 23.1 Å². The first kappa shape index (κ1) is 16.7. The van der Waals surface area contributed by atoms with E-state index in [2.05, 4.69) is 12.2 Å². The van der Waals surface area contributed by atoms with Gasteiger partial charge in [-0.25, -0.2) is 9.69 Å². The lowest BCUT2D eigenvalue weighted by molar-refractivity contribution is -0.124. The fourth-order valence-corrected chi connectivity index (χ4v) is 5.66. The van der Waals surface area contributed by atoms with E-state index in [1.165, 1.54) is 4.90 Å². The molecule has 5 nitrogen and oxygen atoms in total. The number of imide groups is 1. The van der Waals surface area contributed by atoms with E-state index < -0.39 is 5.97 Å². The van der Waals surface area contributed by atoms with Gasteiger partial charge in [0.25, 0.3) is 0 Å². The van der Waals surface area contributed by atoms with Gasteiger partial charge in [0.15, 0.2) is 5.75 Å². The molecule has 2 amide bonds. The number of benzene rings is 2. The van der Waals surface area contributed by atoms with Crippen LogP contribution in [0.25, 0.3) is 0 Å². The molecule has 7 rings (SSSR count). The number of carbonyl (C=O) groups excluding carboxylic acids is 3. The van der Waals surface area contributed by atoms with E-state index in [1.807, 2.05) is 6.07 Å². The zero-order valence-electron chi connectivity index (χ0n) is 15.6. The maximum absolute atomic E-state index is 13.3. The Bertz CT molecular complexity index is 1040. The van der Waals surface area contributed by atoms with Gasteiger partial charge in [0, 0.05) is 0 Å². The molecule has 3 fully saturated rings. The zero-order chi connectivity index (χ0) is 19.7. The molecule has 29 heavy (non-hydrogen) atoms. The fraction of sp³-hybridized carbons (Fsp3) is 0.292. The van der Waals surface area contributed by atoms with Crippen molar-refractivity contribution in [1.82, 2.24) is 0 Å². The van der Waals surface area contributed by atoms with E-state index in [0.717, 1.165) is 6.42 Å². The number of anilines is 1. The molecule has 0 radical (unpaired) electrons. The number of para-hydroxylation sites is 2. The molecule has 5 heteroatoms. The molecule has 0 aromatic heterocycles. The lowest BCUT2D eigenvalue weighted by Gasteiger charge is -2.37. The molecule has 144 valence electrons. The van der Waals surface area contributed by atoms with Crippen LogP contribution in [0.3, 0.4) is 0 Å². The van der Waals surface area contributed by atoms with Crippen LogP contribution in [0.1, 0.15) is 16.8 Å². The quantitative estimate of drug-likeness (QED) is 0.351. The van der Waals surface area contributed by atoms with Gasteiger partial charge < -0.3 is 4.74 Å². The second kappa shape index (κ2) is 5.89. The van der Waals surface area contributed by atoms with Crippen molar-refractivity contribution in [2.24, 2.45) is 35.5 Å². The summed E-state index contributed by atoms with van der Waals surface area (Å²) in [5.41, 5.74) is 0.770. The minimum absolute atomic E-state index is 0.159. The van der Waals surface area contributed by atoms with Crippen LogP contribution in [0, 0.1) is 35.5 Å². The normalized spacial score (nSPS) is 33.4. The molecule has 2 bridgehead atoms. The molecule has 6 atom stereocenters. The number of rotatable bonds is 3. The Balaban J connectivity index is 1.35. The molecular weight excluding hydrogens is 366 g/mol. The molecule has 2 saturated carbocycles. The summed E-state index contributed by atoms with van der Waals surface area (Å²) in [6.07, 6.45) is 5.42. The van der Waals surface area contributed by atoms with Crippen LogP contribution in [0.4, 0.5) is 5.69 Å². The summed E-state index contributed by atoms with van der Waals surface area (Å²) in [5, 5.41) is 0. The predicted octanol–water partition coefficient (Wildman–Crippen LogP) is 3.46. The van der Waals surface area contributed by atoms with Gasteiger partial charge in [0.1, 0.15) is 0 Å². The minimum Gasteiger partial charge on any atom is -0.421 e. The second-order valence-corrected chi connectivity index (χ2v) is 8.39. The number of esters is 1. The molecule has 0 unspecified atom stereocenters. The van der Waals surface area contributed by atoms with Crippen LogP contribution in [-0.2, 0) is 9.59 Å². The summed E-state index contributed by atoms with van der Waals surface area (Å²) in [7, 11) is 0. The summed E-state index contributed by atoms with van der Waals surface area (Å²) >= 11 is 0. The Morgan fingerprint density at radius 3 is 2.07 bits per heavy atom. The lowest BCUT2D eigenvalue weighted by Crippen LogP contribution is -2.40. The van der Waals surface area contributed by atoms with Gasteiger partial charge in [-0.15, -0.1) is 0 Å². The van der Waals surface area contributed by atoms with Crippen molar-refractivity contribution in [3.8, 4) is 5.75 Å². The van der Waals surface area contributed by atoms with E-state index in [4.69, 9.17) is 4.74 Å². The van der Waals surface area contributed by atoms with Gasteiger partial charge in [-0.1, -0.05) is 42.5 Å². The van der Waals surface area contributed by atoms with Crippen LogP contribution in [0.2, 0.25) is 0 Å². The van der Waals surface area contributed by atoms with E-state index in [-0.39, 0.29) is 41.2 Å². The zero-order valence-corrected chi connectivity index (χ0v) is 15.6. The highest BCUT2D eigenvalue weighted by molar-refractivity contribution is 6.23. The number of carbonyl (C=O) groups is 3. The largest absolute Gasteiger partial charge is 0.421 e. The number of ether oxygens (including phenoxy) is 1. The van der Waals surface area contributed by atoms with Crippen LogP contribution >= 0.6 is 0 Å². The van der Waals surface area contributed by atoms with E-state index >= 15 is 0 Å². The molecule has 1 saturated heterocycles. The molecule has 1 heterocycles. The molecule has 0 spiro atoms. The first-order chi connectivity index (χ1) is 14.1. The van der Waals surface area contributed by atoms with E-state index in [9.17, 15) is 14.4 Å². The average molecular weight is 385 g/mol. The highest BCUT2D eigenvalue weighted by Crippen LogP contribution is 2.65. The monoisotopic (exact) mass is 385 g/mol. The molecular formula is C24H19NO4.